The number of halogens is 1. The molecule has 0 aliphatic carbocycles. The van der Waals surface area contributed by atoms with Crippen LogP contribution in [0.15, 0.2) is 59.6 Å². The van der Waals surface area contributed by atoms with Crippen LogP contribution in [0, 0.1) is 0 Å². The highest BCUT2D eigenvalue weighted by Crippen LogP contribution is 2.27. The first-order chi connectivity index (χ1) is 12.5. The van der Waals surface area contributed by atoms with E-state index in [0.29, 0.717) is 17.3 Å². The molecular formula is C20H21ClN2O2S. The number of benzene rings is 2. The molecule has 1 aromatic heterocycles. The third-order valence-corrected chi connectivity index (χ3v) is 5.24. The zero-order valence-corrected chi connectivity index (χ0v) is 16.3. The Balaban J connectivity index is 1.49. The molecule has 0 radical (unpaired) electrons. The summed E-state index contributed by atoms with van der Waals surface area (Å²) in [4.78, 5) is 16.9. The third kappa shape index (κ3) is 4.54. The molecule has 6 heteroatoms. The minimum Gasteiger partial charge on any atom is -0.478 e. The molecule has 0 saturated heterocycles. The summed E-state index contributed by atoms with van der Waals surface area (Å²) in [5.74, 6) is 1.25. The van der Waals surface area contributed by atoms with Gasteiger partial charge in [-0.25, -0.2) is 0 Å². The third-order valence-electron chi connectivity index (χ3n) is 3.93. The Kier molecular flexibility index (Phi) is 5.79. The molecule has 2 aromatic carbocycles. The van der Waals surface area contributed by atoms with E-state index in [0.717, 1.165) is 11.3 Å². The van der Waals surface area contributed by atoms with Crippen molar-refractivity contribution in [2.45, 2.75) is 24.3 Å². The van der Waals surface area contributed by atoms with Crippen LogP contribution in [-0.2, 0) is 4.79 Å². The zero-order valence-electron chi connectivity index (χ0n) is 14.7. The number of hydrogen-bond acceptors (Lipinski definition) is 3. The highest BCUT2D eigenvalue weighted by Gasteiger charge is 2.29. The molecule has 0 bridgehead atoms. The molecule has 0 aliphatic heterocycles. The molecular weight excluding hydrogens is 368 g/mol. The molecule has 136 valence electrons. The molecule has 3 rings (SSSR count). The highest BCUT2D eigenvalue weighted by atomic mass is 35.5. The molecule has 1 amide bonds. The SMILES string of the molecule is CC(C)(Oc1ccc(Cl)cc1)C(=O)NCCSc1c[nH]c2ccccc12. The number of rotatable bonds is 7. The maximum absolute atomic E-state index is 12.4. The molecule has 4 nitrogen and oxygen atoms in total. The van der Waals surface area contributed by atoms with Gasteiger partial charge in [-0.1, -0.05) is 29.8 Å². The number of carbonyl (C=O) groups is 1. The Bertz CT molecular complexity index is 890. The lowest BCUT2D eigenvalue weighted by molar-refractivity contribution is -0.134. The molecule has 0 atom stereocenters. The van der Waals surface area contributed by atoms with E-state index in [4.69, 9.17) is 16.3 Å². The van der Waals surface area contributed by atoms with Crippen LogP contribution in [0.5, 0.6) is 5.75 Å². The van der Waals surface area contributed by atoms with Crippen LogP contribution in [-0.4, -0.2) is 28.8 Å². The molecule has 26 heavy (non-hydrogen) atoms. The fraction of sp³-hybridized carbons (Fsp3) is 0.250. The number of amides is 1. The summed E-state index contributed by atoms with van der Waals surface area (Å²) in [5.41, 5.74) is 0.163. The van der Waals surface area contributed by atoms with Gasteiger partial charge in [0.1, 0.15) is 5.75 Å². The maximum Gasteiger partial charge on any atom is 0.263 e. The largest absolute Gasteiger partial charge is 0.478 e. The van der Waals surface area contributed by atoms with Gasteiger partial charge in [-0.15, -0.1) is 11.8 Å². The van der Waals surface area contributed by atoms with E-state index >= 15 is 0 Å². The monoisotopic (exact) mass is 388 g/mol. The van der Waals surface area contributed by atoms with Crippen molar-refractivity contribution in [1.29, 1.82) is 0 Å². The lowest BCUT2D eigenvalue weighted by Crippen LogP contribution is -2.47. The Hall–Kier alpha value is -2.11. The molecule has 1 heterocycles. The topological polar surface area (TPSA) is 54.1 Å². The lowest BCUT2D eigenvalue weighted by atomic mass is 10.1. The average molecular weight is 389 g/mol. The van der Waals surface area contributed by atoms with Gasteiger partial charge in [0.15, 0.2) is 5.60 Å². The smallest absolute Gasteiger partial charge is 0.263 e. The second-order valence-corrected chi connectivity index (χ2v) is 7.94. The number of para-hydroxylation sites is 1. The first-order valence-electron chi connectivity index (χ1n) is 8.37. The van der Waals surface area contributed by atoms with E-state index in [1.54, 1.807) is 49.9 Å². The fourth-order valence-electron chi connectivity index (χ4n) is 2.55. The van der Waals surface area contributed by atoms with Crippen LogP contribution in [0.3, 0.4) is 0 Å². The number of nitrogens with one attached hydrogen (secondary N) is 2. The molecule has 0 saturated carbocycles. The number of aromatic nitrogens is 1. The summed E-state index contributed by atoms with van der Waals surface area (Å²) >= 11 is 7.58. The summed E-state index contributed by atoms with van der Waals surface area (Å²) < 4.78 is 5.80. The zero-order chi connectivity index (χ0) is 18.6. The second kappa shape index (κ2) is 8.06. The van der Waals surface area contributed by atoms with E-state index < -0.39 is 5.60 Å². The van der Waals surface area contributed by atoms with Gasteiger partial charge >= 0.3 is 0 Å². The van der Waals surface area contributed by atoms with Gasteiger partial charge in [0, 0.05) is 39.3 Å². The normalized spacial score (nSPS) is 11.5. The van der Waals surface area contributed by atoms with Gasteiger partial charge in [-0.05, 0) is 44.2 Å². The molecule has 2 N–H and O–H groups in total. The van der Waals surface area contributed by atoms with Crippen LogP contribution in [0.25, 0.3) is 10.9 Å². The summed E-state index contributed by atoms with van der Waals surface area (Å²) in [6, 6.07) is 15.2. The van der Waals surface area contributed by atoms with Crippen molar-refractivity contribution < 1.29 is 9.53 Å². The Morgan fingerprint density at radius 1 is 1.19 bits per heavy atom. The van der Waals surface area contributed by atoms with Crippen LogP contribution < -0.4 is 10.1 Å². The van der Waals surface area contributed by atoms with Crippen molar-refractivity contribution in [2.24, 2.45) is 0 Å². The Labute approximate surface area is 162 Å². The standard InChI is InChI=1S/C20H21ClN2O2S/c1-20(2,25-15-9-7-14(21)8-10-15)19(24)22-11-12-26-18-13-23-17-6-4-3-5-16(17)18/h3-10,13,23H,11-12H2,1-2H3,(H,22,24). The number of ether oxygens (including phenoxy) is 1. The first-order valence-corrected chi connectivity index (χ1v) is 9.74. The second-order valence-electron chi connectivity index (χ2n) is 6.37. The Morgan fingerprint density at radius 2 is 1.92 bits per heavy atom. The first kappa shape index (κ1) is 18.7. The van der Waals surface area contributed by atoms with Gasteiger partial charge in [0.2, 0.25) is 0 Å². The van der Waals surface area contributed by atoms with Gasteiger partial charge in [-0.2, -0.15) is 0 Å². The summed E-state index contributed by atoms with van der Waals surface area (Å²) in [6.07, 6.45) is 2.00. The maximum atomic E-state index is 12.4. The fourth-order valence-corrected chi connectivity index (χ4v) is 3.57. The minimum atomic E-state index is -0.959. The van der Waals surface area contributed by atoms with Crippen molar-refractivity contribution >= 4 is 40.2 Å². The van der Waals surface area contributed by atoms with E-state index in [2.05, 4.69) is 22.4 Å². The number of carbonyl (C=O) groups excluding carboxylic acids is 1. The molecule has 0 spiro atoms. The summed E-state index contributed by atoms with van der Waals surface area (Å²) in [5, 5.41) is 4.78. The number of fused-ring (bicyclic) bond motifs is 1. The van der Waals surface area contributed by atoms with E-state index in [-0.39, 0.29) is 5.91 Å². The van der Waals surface area contributed by atoms with Crippen molar-refractivity contribution in [3.8, 4) is 5.75 Å². The summed E-state index contributed by atoms with van der Waals surface area (Å²) in [6.45, 7) is 4.07. The van der Waals surface area contributed by atoms with Crippen molar-refractivity contribution in [2.75, 3.05) is 12.3 Å². The predicted molar refractivity (Wildman–Crippen MR) is 108 cm³/mol. The minimum absolute atomic E-state index is 0.146. The number of hydrogen-bond donors (Lipinski definition) is 2. The van der Waals surface area contributed by atoms with Crippen molar-refractivity contribution in [3.63, 3.8) is 0 Å². The van der Waals surface area contributed by atoms with Crippen LogP contribution in [0.2, 0.25) is 5.02 Å². The Morgan fingerprint density at radius 3 is 2.69 bits per heavy atom. The molecule has 0 unspecified atom stereocenters. The van der Waals surface area contributed by atoms with Crippen molar-refractivity contribution in [1.82, 2.24) is 10.3 Å². The van der Waals surface area contributed by atoms with Crippen molar-refractivity contribution in [3.05, 3.63) is 59.8 Å². The number of thioether (sulfide) groups is 1. The summed E-state index contributed by atoms with van der Waals surface area (Å²) in [7, 11) is 0. The average Bonchev–Trinajstić information content (AvgIpc) is 3.03. The van der Waals surface area contributed by atoms with Crippen LogP contribution >= 0.6 is 23.4 Å². The highest BCUT2D eigenvalue weighted by molar-refractivity contribution is 7.99. The predicted octanol–water partition coefficient (Wildman–Crippen LogP) is 4.89. The van der Waals surface area contributed by atoms with E-state index in [1.807, 2.05) is 18.3 Å². The number of aromatic amines is 1. The van der Waals surface area contributed by atoms with E-state index in [9.17, 15) is 4.79 Å². The molecule has 0 aliphatic rings. The van der Waals surface area contributed by atoms with Crippen LogP contribution in [0.4, 0.5) is 0 Å². The quantitative estimate of drug-likeness (QED) is 0.447. The van der Waals surface area contributed by atoms with Gasteiger partial charge < -0.3 is 15.0 Å². The van der Waals surface area contributed by atoms with Crippen LogP contribution in [0.1, 0.15) is 13.8 Å². The van der Waals surface area contributed by atoms with Gasteiger partial charge in [0.05, 0.1) is 0 Å². The number of H-pyrrole nitrogens is 1. The molecule has 3 aromatic rings. The van der Waals surface area contributed by atoms with Gasteiger partial charge in [-0.3, -0.25) is 4.79 Å². The van der Waals surface area contributed by atoms with E-state index in [1.165, 1.54) is 10.3 Å². The molecule has 0 fully saturated rings. The van der Waals surface area contributed by atoms with Gasteiger partial charge in [0.25, 0.3) is 5.91 Å². The lowest BCUT2D eigenvalue weighted by Gasteiger charge is -2.25.